The smallest absolute Gasteiger partial charge is 0.328 e. The molecule has 8 heteroatoms. The third-order valence-corrected chi connectivity index (χ3v) is 2.44. The molecule has 0 aromatic carbocycles. The van der Waals surface area contributed by atoms with E-state index in [1.165, 1.54) is 22.3 Å². The Hall–Kier alpha value is -1.96. The van der Waals surface area contributed by atoms with Crippen LogP contribution >= 0.6 is 11.3 Å². The van der Waals surface area contributed by atoms with Gasteiger partial charge in [-0.3, -0.25) is 4.79 Å². The molecule has 0 spiro atoms. The first-order chi connectivity index (χ1) is 7.74. The van der Waals surface area contributed by atoms with Crippen LogP contribution in [0.2, 0.25) is 0 Å². The molecule has 0 bridgehead atoms. The number of thiazole rings is 1. The molecule has 0 aliphatic carbocycles. The average Bonchev–Trinajstić information content (AvgIpc) is 2.87. The number of nitrogens with two attached hydrogens (primary N) is 1. The SMILES string of the molecule is Nc1ncn(CC(=O)OCc2nccs2)n1. The van der Waals surface area contributed by atoms with E-state index in [-0.39, 0.29) is 19.1 Å². The normalized spacial score (nSPS) is 10.2. The van der Waals surface area contributed by atoms with Crippen LogP contribution in [-0.2, 0) is 22.7 Å². The zero-order chi connectivity index (χ0) is 11.4. The number of nitrogen functional groups attached to an aromatic ring is 1. The van der Waals surface area contributed by atoms with Crippen molar-refractivity contribution in [2.75, 3.05) is 5.73 Å². The monoisotopic (exact) mass is 239 g/mol. The van der Waals surface area contributed by atoms with E-state index in [4.69, 9.17) is 10.5 Å². The average molecular weight is 239 g/mol. The minimum Gasteiger partial charge on any atom is -0.457 e. The van der Waals surface area contributed by atoms with Crippen LogP contribution in [0, 0.1) is 0 Å². The van der Waals surface area contributed by atoms with Gasteiger partial charge in [-0.2, -0.15) is 0 Å². The van der Waals surface area contributed by atoms with Crippen molar-refractivity contribution in [3.63, 3.8) is 0 Å². The van der Waals surface area contributed by atoms with E-state index in [0.29, 0.717) is 0 Å². The fraction of sp³-hybridized carbons (Fsp3) is 0.250. The summed E-state index contributed by atoms with van der Waals surface area (Å²) in [5, 5.41) is 6.34. The van der Waals surface area contributed by atoms with E-state index in [0.717, 1.165) is 5.01 Å². The molecule has 2 rings (SSSR count). The first-order valence-electron chi connectivity index (χ1n) is 4.43. The maximum Gasteiger partial charge on any atom is 0.328 e. The lowest BCUT2D eigenvalue weighted by molar-refractivity contribution is -0.145. The Kier molecular flexibility index (Phi) is 3.10. The van der Waals surface area contributed by atoms with Crippen molar-refractivity contribution in [3.8, 4) is 0 Å². The molecule has 0 saturated carbocycles. The first kappa shape index (κ1) is 10.6. The van der Waals surface area contributed by atoms with Crippen molar-refractivity contribution in [3.05, 3.63) is 22.9 Å². The highest BCUT2D eigenvalue weighted by atomic mass is 32.1. The second-order valence-electron chi connectivity index (χ2n) is 2.89. The molecule has 0 atom stereocenters. The van der Waals surface area contributed by atoms with Crippen LogP contribution in [0.1, 0.15) is 5.01 Å². The first-order valence-corrected chi connectivity index (χ1v) is 5.31. The number of aromatic nitrogens is 4. The van der Waals surface area contributed by atoms with Crippen LogP contribution in [0.25, 0.3) is 0 Å². The summed E-state index contributed by atoms with van der Waals surface area (Å²) in [4.78, 5) is 19.0. The van der Waals surface area contributed by atoms with Crippen molar-refractivity contribution < 1.29 is 9.53 Å². The van der Waals surface area contributed by atoms with Crippen molar-refractivity contribution >= 4 is 23.3 Å². The standard InChI is InChI=1S/C8H9N5O2S/c9-8-11-5-13(12-8)3-7(14)15-4-6-10-1-2-16-6/h1-2,5H,3-4H2,(H2,9,12). The Labute approximate surface area is 94.9 Å². The van der Waals surface area contributed by atoms with Gasteiger partial charge in [0.1, 0.15) is 24.5 Å². The second-order valence-corrected chi connectivity index (χ2v) is 3.87. The molecule has 2 heterocycles. The van der Waals surface area contributed by atoms with Gasteiger partial charge in [0.05, 0.1) is 0 Å². The van der Waals surface area contributed by atoms with Crippen molar-refractivity contribution in [2.24, 2.45) is 0 Å². The summed E-state index contributed by atoms with van der Waals surface area (Å²) in [5.41, 5.74) is 5.30. The Balaban J connectivity index is 1.81. The van der Waals surface area contributed by atoms with Crippen LogP contribution in [0.5, 0.6) is 0 Å². The quantitative estimate of drug-likeness (QED) is 0.758. The van der Waals surface area contributed by atoms with Gasteiger partial charge in [-0.05, 0) is 0 Å². The van der Waals surface area contributed by atoms with E-state index in [1.54, 1.807) is 6.20 Å². The number of nitrogens with zero attached hydrogens (tertiary/aromatic N) is 4. The summed E-state index contributed by atoms with van der Waals surface area (Å²) in [7, 11) is 0. The van der Waals surface area contributed by atoms with Crippen molar-refractivity contribution in [1.82, 2.24) is 19.7 Å². The third-order valence-electron chi connectivity index (χ3n) is 1.69. The highest BCUT2D eigenvalue weighted by Crippen LogP contribution is 2.05. The van der Waals surface area contributed by atoms with Gasteiger partial charge in [-0.1, -0.05) is 0 Å². The molecule has 0 unspecified atom stereocenters. The minimum atomic E-state index is -0.403. The van der Waals surface area contributed by atoms with Crippen LogP contribution < -0.4 is 5.73 Å². The fourth-order valence-corrected chi connectivity index (χ4v) is 1.56. The van der Waals surface area contributed by atoms with Gasteiger partial charge in [-0.25, -0.2) is 14.6 Å². The summed E-state index contributed by atoms with van der Waals surface area (Å²) in [6.07, 6.45) is 3.03. The molecule has 7 nitrogen and oxygen atoms in total. The maximum absolute atomic E-state index is 11.3. The molecule has 2 aromatic rings. The topological polar surface area (TPSA) is 95.9 Å². The van der Waals surface area contributed by atoms with E-state index in [2.05, 4.69) is 15.1 Å². The number of hydrogen-bond donors (Lipinski definition) is 1. The Morgan fingerprint density at radius 1 is 1.56 bits per heavy atom. The van der Waals surface area contributed by atoms with Crippen LogP contribution in [0.15, 0.2) is 17.9 Å². The summed E-state index contributed by atoms with van der Waals surface area (Å²) in [6.45, 7) is 0.177. The van der Waals surface area contributed by atoms with Gasteiger partial charge in [0.25, 0.3) is 0 Å². The van der Waals surface area contributed by atoms with E-state index in [9.17, 15) is 4.79 Å². The summed E-state index contributed by atoms with van der Waals surface area (Å²) >= 11 is 1.43. The number of carbonyl (C=O) groups is 1. The van der Waals surface area contributed by atoms with Crippen molar-refractivity contribution in [1.29, 1.82) is 0 Å². The van der Waals surface area contributed by atoms with Gasteiger partial charge < -0.3 is 10.5 Å². The molecule has 0 radical (unpaired) electrons. The summed E-state index contributed by atoms with van der Waals surface area (Å²) in [6, 6.07) is 0. The van der Waals surface area contributed by atoms with Crippen LogP contribution in [0.4, 0.5) is 5.95 Å². The van der Waals surface area contributed by atoms with Gasteiger partial charge in [0.2, 0.25) is 5.95 Å². The largest absolute Gasteiger partial charge is 0.457 e. The van der Waals surface area contributed by atoms with Gasteiger partial charge in [-0.15, -0.1) is 16.4 Å². The molecule has 0 fully saturated rings. The second kappa shape index (κ2) is 4.71. The zero-order valence-corrected chi connectivity index (χ0v) is 9.05. The molecular formula is C8H9N5O2S. The minimum absolute atomic E-state index is 0.00439. The number of hydrogen-bond acceptors (Lipinski definition) is 7. The Bertz CT molecular complexity index is 466. The molecule has 0 aliphatic rings. The predicted molar refractivity (Wildman–Crippen MR) is 56.3 cm³/mol. The number of carbonyl (C=O) groups excluding carboxylic acids is 1. The van der Waals surface area contributed by atoms with Gasteiger partial charge >= 0.3 is 5.97 Å². The number of anilines is 1. The molecule has 0 aliphatic heterocycles. The maximum atomic E-state index is 11.3. The van der Waals surface area contributed by atoms with Crippen molar-refractivity contribution in [2.45, 2.75) is 13.2 Å². The molecule has 2 N–H and O–H groups in total. The van der Waals surface area contributed by atoms with Gasteiger partial charge in [0, 0.05) is 11.6 Å². The highest BCUT2D eigenvalue weighted by molar-refractivity contribution is 7.09. The predicted octanol–water partition coefficient (Wildman–Crippen LogP) is 0.0602. The Morgan fingerprint density at radius 3 is 3.06 bits per heavy atom. The summed E-state index contributed by atoms with van der Waals surface area (Å²) < 4.78 is 6.30. The number of ether oxygens (including phenoxy) is 1. The van der Waals surface area contributed by atoms with Crippen LogP contribution in [0.3, 0.4) is 0 Å². The van der Waals surface area contributed by atoms with E-state index in [1.807, 2.05) is 5.38 Å². The van der Waals surface area contributed by atoms with Crippen LogP contribution in [-0.4, -0.2) is 25.7 Å². The Morgan fingerprint density at radius 2 is 2.44 bits per heavy atom. The lowest BCUT2D eigenvalue weighted by Gasteiger charge is -2.01. The number of esters is 1. The lowest BCUT2D eigenvalue weighted by Crippen LogP contribution is -2.14. The van der Waals surface area contributed by atoms with E-state index >= 15 is 0 Å². The third kappa shape index (κ3) is 2.76. The summed E-state index contributed by atoms with van der Waals surface area (Å²) in [5.74, 6) is -0.271. The molecule has 0 saturated heterocycles. The molecule has 84 valence electrons. The highest BCUT2D eigenvalue weighted by Gasteiger charge is 2.07. The van der Waals surface area contributed by atoms with Gasteiger partial charge in [0.15, 0.2) is 0 Å². The molecular weight excluding hydrogens is 230 g/mol. The van der Waals surface area contributed by atoms with E-state index < -0.39 is 5.97 Å². The molecule has 16 heavy (non-hydrogen) atoms. The lowest BCUT2D eigenvalue weighted by atomic mass is 10.6. The fourth-order valence-electron chi connectivity index (χ4n) is 1.03. The molecule has 0 amide bonds. The number of rotatable bonds is 4. The molecule has 2 aromatic heterocycles. The zero-order valence-electron chi connectivity index (χ0n) is 8.24.